The number of nitrogens with two attached hydrogens (primary N) is 1. The third kappa shape index (κ3) is 4.26. The van der Waals surface area contributed by atoms with Gasteiger partial charge in [-0.05, 0) is 24.1 Å². The lowest BCUT2D eigenvalue weighted by molar-refractivity contribution is -0.147. The van der Waals surface area contributed by atoms with Crippen LogP contribution in [0.4, 0.5) is 0 Å². The van der Waals surface area contributed by atoms with E-state index in [1.54, 1.807) is 11.1 Å². The summed E-state index contributed by atoms with van der Waals surface area (Å²) in [6.07, 6.45) is 3.31. The zero-order valence-corrected chi connectivity index (χ0v) is 14.7. The van der Waals surface area contributed by atoms with Crippen LogP contribution in [0, 0.1) is 0 Å². The van der Waals surface area contributed by atoms with Crippen LogP contribution in [-0.4, -0.2) is 40.8 Å². The van der Waals surface area contributed by atoms with Gasteiger partial charge in [0.2, 0.25) is 11.8 Å². The van der Waals surface area contributed by atoms with E-state index in [9.17, 15) is 9.59 Å². The first-order valence-electron chi connectivity index (χ1n) is 8.94. The summed E-state index contributed by atoms with van der Waals surface area (Å²) in [6, 6.07) is 15.0. The van der Waals surface area contributed by atoms with Crippen molar-refractivity contribution in [3.8, 4) is 0 Å². The van der Waals surface area contributed by atoms with Gasteiger partial charge >= 0.3 is 0 Å². The highest BCUT2D eigenvalue weighted by molar-refractivity contribution is 5.89. The van der Waals surface area contributed by atoms with Crippen LogP contribution in [0.25, 0.3) is 0 Å². The van der Waals surface area contributed by atoms with Gasteiger partial charge in [-0.3, -0.25) is 14.6 Å². The van der Waals surface area contributed by atoms with Crippen molar-refractivity contribution in [2.24, 2.45) is 5.73 Å². The highest BCUT2D eigenvalue weighted by Gasteiger charge is 2.37. The number of hydrogen-bond donors (Lipinski definition) is 2. The van der Waals surface area contributed by atoms with Gasteiger partial charge in [0.1, 0.15) is 6.04 Å². The number of amides is 2. The van der Waals surface area contributed by atoms with E-state index in [1.165, 1.54) is 0 Å². The number of hydrogen-bond acceptors (Lipinski definition) is 4. The van der Waals surface area contributed by atoms with Crippen molar-refractivity contribution < 1.29 is 9.59 Å². The van der Waals surface area contributed by atoms with Crippen LogP contribution in [-0.2, 0) is 16.0 Å². The normalized spacial score (nSPS) is 17.3. The van der Waals surface area contributed by atoms with Crippen LogP contribution >= 0.6 is 0 Å². The van der Waals surface area contributed by atoms with Gasteiger partial charge in [-0.15, -0.1) is 0 Å². The van der Waals surface area contributed by atoms with Crippen molar-refractivity contribution in [1.29, 1.82) is 0 Å². The van der Waals surface area contributed by atoms with Crippen LogP contribution in [0.5, 0.6) is 0 Å². The molecule has 2 aromatic rings. The van der Waals surface area contributed by atoms with Gasteiger partial charge in [0.05, 0.1) is 6.04 Å². The van der Waals surface area contributed by atoms with Crippen LogP contribution in [0.15, 0.2) is 54.7 Å². The second-order valence-corrected chi connectivity index (χ2v) is 6.43. The molecule has 1 aromatic heterocycles. The Morgan fingerprint density at radius 1 is 1.19 bits per heavy atom. The zero-order valence-electron chi connectivity index (χ0n) is 14.7. The van der Waals surface area contributed by atoms with Crippen LogP contribution in [0.1, 0.15) is 30.1 Å². The van der Waals surface area contributed by atoms with Crippen molar-refractivity contribution in [3.63, 3.8) is 0 Å². The lowest BCUT2D eigenvalue weighted by atomic mass is 9.98. The van der Waals surface area contributed by atoms with E-state index in [4.69, 9.17) is 5.73 Å². The Kier molecular flexibility index (Phi) is 5.96. The summed E-state index contributed by atoms with van der Waals surface area (Å²) >= 11 is 0. The monoisotopic (exact) mass is 352 g/mol. The fourth-order valence-electron chi connectivity index (χ4n) is 3.16. The van der Waals surface area contributed by atoms with Gasteiger partial charge in [0.15, 0.2) is 0 Å². The number of nitrogens with one attached hydrogen (secondary N) is 1. The van der Waals surface area contributed by atoms with Crippen LogP contribution < -0.4 is 11.1 Å². The zero-order chi connectivity index (χ0) is 18.4. The predicted molar refractivity (Wildman–Crippen MR) is 99.1 cm³/mol. The number of carbonyl (C=O) groups is 2. The number of nitrogens with zero attached hydrogens (tertiary/aromatic N) is 2. The molecule has 0 bridgehead atoms. The Bertz CT molecular complexity index is 736. The summed E-state index contributed by atoms with van der Waals surface area (Å²) in [6.45, 7) is 0.920. The summed E-state index contributed by atoms with van der Waals surface area (Å²) in [5.74, 6) is -0.175. The summed E-state index contributed by atoms with van der Waals surface area (Å²) in [4.78, 5) is 30.8. The average Bonchev–Trinajstić information content (AvgIpc) is 2.62. The quantitative estimate of drug-likeness (QED) is 0.789. The minimum atomic E-state index is -0.399. The molecule has 1 aliphatic rings. The number of rotatable bonds is 7. The summed E-state index contributed by atoms with van der Waals surface area (Å²) in [5, 5.41) is 3.11. The number of benzene rings is 1. The molecule has 2 unspecified atom stereocenters. The standard InChI is InChI=1S/C20H24N4O2/c21-11-9-19(25)24-13-10-18(24)20(26)23-17(15-6-2-1-3-7-15)14-16-8-4-5-12-22-16/h1-8,12,17-18H,9-11,13-14,21H2,(H,23,26). The average molecular weight is 352 g/mol. The van der Waals surface area contributed by atoms with Crippen LogP contribution in [0.3, 0.4) is 0 Å². The molecule has 1 aromatic carbocycles. The molecular weight excluding hydrogens is 328 g/mol. The second kappa shape index (κ2) is 8.58. The third-order valence-corrected chi connectivity index (χ3v) is 4.66. The van der Waals surface area contributed by atoms with Gasteiger partial charge in [0, 0.05) is 37.8 Å². The molecule has 3 rings (SSSR count). The van der Waals surface area contributed by atoms with E-state index in [0.717, 1.165) is 11.3 Å². The Labute approximate surface area is 153 Å². The highest BCUT2D eigenvalue weighted by atomic mass is 16.2. The molecule has 6 heteroatoms. The molecule has 2 heterocycles. The predicted octanol–water partition coefficient (Wildman–Crippen LogP) is 1.43. The Morgan fingerprint density at radius 2 is 1.96 bits per heavy atom. The molecule has 0 saturated carbocycles. The minimum Gasteiger partial charge on any atom is -0.347 e. The molecule has 3 N–H and O–H groups in total. The smallest absolute Gasteiger partial charge is 0.243 e. The van der Waals surface area contributed by atoms with Crippen molar-refractivity contribution in [2.75, 3.05) is 13.1 Å². The molecule has 0 radical (unpaired) electrons. The minimum absolute atomic E-state index is 0.0557. The van der Waals surface area contributed by atoms with Gasteiger partial charge in [-0.2, -0.15) is 0 Å². The first-order valence-corrected chi connectivity index (χ1v) is 8.94. The molecule has 0 spiro atoms. The molecule has 2 amide bonds. The summed E-state index contributed by atoms with van der Waals surface area (Å²) in [7, 11) is 0. The number of likely N-dealkylation sites (tertiary alicyclic amines) is 1. The molecule has 136 valence electrons. The van der Waals surface area contributed by atoms with E-state index in [0.29, 0.717) is 25.9 Å². The maximum Gasteiger partial charge on any atom is 0.243 e. The molecule has 1 saturated heterocycles. The fraction of sp³-hybridized carbons (Fsp3) is 0.350. The largest absolute Gasteiger partial charge is 0.347 e. The van der Waals surface area contributed by atoms with Gasteiger partial charge in [-0.25, -0.2) is 0 Å². The highest BCUT2D eigenvalue weighted by Crippen LogP contribution is 2.22. The van der Waals surface area contributed by atoms with E-state index in [-0.39, 0.29) is 24.3 Å². The molecular formula is C20H24N4O2. The topological polar surface area (TPSA) is 88.3 Å². The number of aromatic nitrogens is 1. The van der Waals surface area contributed by atoms with E-state index in [2.05, 4.69) is 10.3 Å². The van der Waals surface area contributed by atoms with Crippen LogP contribution in [0.2, 0.25) is 0 Å². The molecule has 6 nitrogen and oxygen atoms in total. The van der Waals surface area contributed by atoms with E-state index in [1.807, 2.05) is 48.5 Å². The lowest BCUT2D eigenvalue weighted by Crippen LogP contribution is -2.59. The first-order chi connectivity index (χ1) is 12.7. The second-order valence-electron chi connectivity index (χ2n) is 6.43. The molecule has 1 fully saturated rings. The number of pyridine rings is 1. The SMILES string of the molecule is NCCC(=O)N1CCC1C(=O)NC(Cc1ccccn1)c1ccccc1. The Balaban J connectivity index is 1.71. The molecule has 1 aliphatic heterocycles. The molecule has 26 heavy (non-hydrogen) atoms. The van der Waals surface area contributed by atoms with Gasteiger partial charge in [-0.1, -0.05) is 36.4 Å². The Morgan fingerprint density at radius 3 is 2.58 bits per heavy atom. The summed E-state index contributed by atoms with van der Waals surface area (Å²) in [5.41, 5.74) is 7.38. The number of carbonyl (C=O) groups excluding carboxylic acids is 2. The maximum atomic E-state index is 12.8. The fourth-order valence-corrected chi connectivity index (χ4v) is 3.16. The van der Waals surface area contributed by atoms with E-state index < -0.39 is 6.04 Å². The van der Waals surface area contributed by atoms with Crippen molar-refractivity contribution in [2.45, 2.75) is 31.3 Å². The summed E-state index contributed by atoms with van der Waals surface area (Å²) < 4.78 is 0. The van der Waals surface area contributed by atoms with Crippen molar-refractivity contribution in [3.05, 3.63) is 66.0 Å². The van der Waals surface area contributed by atoms with Crippen molar-refractivity contribution >= 4 is 11.8 Å². The van der Waals surface area contributed by atoms with Gasteiger partial charge < -0.3 is 16.0 Å². The molecule has 2 atom stereocenters. The Hall–Kier alpha value is -2.73. The van der Waals surface area contributed by atoms with Crippen molar-refractivity contribution in [1.82, 2.24) is 15.2 Å². The first kappa shape index (κ1) is 18.1. The van der Waals surface area contributed by atoms with Gasteiger partial charge in [0.25, 0.3) is 0 Å². The molecule has 0 aliphatic carbocycles. The lowest BCUT2D eigenvalue weighted by Gasteiger charge is -2.40. The van der Waals surface area contributed by atoms with E-state index >= 15 is 0 Å². The maximum absolute atomic E-state index is 12.8. The third-order valence-electron chi connectivity index (χ3n) is 4.66.